The maximum atomic E-state index is 13.6. The number of aliphatic hydroxyl groups is 2. The number of rotatable bonds is 4. The number of aliphatic hydroxyl groups excluding tert-OH is 1. The van der Waals surface area contributed by atoms with Gasteiger partial charge in [0.25, 0.3) is 0 Å². The zero-order chi connectivity index (χ0) is 23.0. The van der Waals surface area contributed by atoms with Gasteiger partial charge in [0.1, 0.15) is 5.82 Å². The van der Waals surface area contributed by atoms with Gasteiger partial charge in [-0.15, -0.1) is 0 Å². The monoisotopic (exact) mass is 445 g/mol. The fourth-order valence-corrected chi connectivity index (χ4v) is 5.66. The number of hydrogen-bond donors (Lipinski definition) is 2. The molecule has 0 unspecified atom stereocenters. The van der Waals surface area contributed by atoms with Crippen LogP contribution in [-0.2, 0) is 6.42 Å². The van der Waals surface area contributed by atoms with Crippen molar-refractivity contribution in [2.24, 2.45) is 0 Å². The van der Waals surface area contributed by atoms with E-state index >= 15 is 0 Å². The molecule has 2 aliphatic rings. The second kappa shape index (κ2) is 8.92. The third kappa shape index (κ3) is 4.42. The summed E-state index contributed by atoms with van der Waals surface area (Å²) in [6.07, 6.45) is 3.23. The SMILES string of the molecule is Cc1ccc2c(c1)CC[C@H](c1ccc(F)cc1)[C@@H]2c1ccc(N2CCC(O)(CO)CC2)cc1. The Labute approximate surface area is 195 Å². The molecule has 0 amide bonds. The second-order valence-electron chi connectivity index (χ2n) is 9.84. The van der Waals surface area contributed by atoms with Gasteiger partial charge in [0.05, 0.1) is 12.2 Å². The Morgan fingerprint density at radius 1 is 0.939 bits per heavy atom. The predicted octanol–water partition coefficient (Wildman–Crippen LogP) is 5.32. The number of aryl methyl sites for hydroxylation is 2. The molecule has 2 N–H and O–H groups in total. The first-order chi connectivity index (χ1) is 16.0. The van der Waals surface area contributed by atoms with Crippen LogP contribution in [0, 0.1) is 12.7 Å². The Balaban J connectivity index is 1.46. The summed E-state index contributed by atoms with van der Waals surface area (Å²) in [5, 5.41) is 19.8. The zero-order valence-corrected chi connectivity index (χ0v) is 19.2. The Morgan fingerprint density at radius 3 is 2.27 bits per heavy atom. The molecule has 1 aliphatic carbocycles. The summed E-state index contributed by atoms with van der Waals surface area (Å²) in [5.41, 5.74) is 6.76. The Morgan fingerprint density at radius 2 is 1.61 bits per heavy atom. The van der Waals surface area contributed by atoms with E-state index in [0.29, 0.717) is 18.8 Å². The molecule has 33 heavy (non-hydrogen) atoms. The number of benzene rings is 3. The minimum absolute atomic E-state index is 0.175. The molecular weight excluding hydrogens is 413 g/mol. The highest BCUT2D eigenvalue weighted by atomic mass is 19.1. The van der Waals surface area contributed by atoms with Crippen LogP contribution in [0.4, 0.5) is 10.1 Å². The van der Waals surface area contributed by atoms with E-state index in [1.54, 1.807) is 12.1 Å². The molecule has 3 aromatic rings. The average molecular weight is 446 g/mol. The molecule has 0 radical (unpaired) electrons. The van der Waals surface area contributed by atoms with E-state index in [1.165, 1.54) is 27.8 Å². The van der Waals surface area contributed by atoms with Crippen molar-refractivity contribution in [1.82, 2.24) is 0 Å². The topological polar surface area (TPSA) is 43.7 Å². The third-order valence-electron chi connectivity index (χ3n) is 7.66. The van der Waals surface area contributed by atoms with Crippen LogP contribution in [-0.4, -0.2) is 35.5 Å². The van der Waals surface area contributed by atoms with E-state index in [0.717, 1.165) is 31.6 Å². The van der Waals surface area contributed by atoms with E-state index in [4.69, 9.17) is 0 Å². The molecular formula is C29H32FNO2. The summed E-state index contributed by atoms with van der Waals surface area (Å²) < 4.78 is 13.6. The van der Waals surface area contributed by atoms with Gasteiger partial charge in [-0.2, -0.15) is 0 Å². The van der Waals surface area contributed by atoms with Crippen molar-refractivity contribution in [3.63, 3.8) is 0 Å². The molecule has 0 bridgehead atoms. The highest BCUT2D eigenvalue weighted by molar-refractivity contribution is 5.52. The van der Waals surface area contributed by atoms with E-state index in [1.807, 2.05) is 12.1 Å². The van der Waals surface area contributed by atoms with Crippen LogP contribution >= 0.6 is 0 Å². The van der Waals surface area contributed by atoms with Crippen LogP contribution in [0.1, 0.15) is 58.9 Å². The number of halogens is 1. The van der Waals surface area contributed by atoms with Crippen LogP contribution in [0.3, 0.4) is 0 Å². The van der Waals surface area contributed by atoms with Gasteiger partial charge < -0.3 is 15.1 Å². The number of piperidine rings is 1. The summed E-state index contributed by atoms with van der Waals surface area (Å²) in [4.78, 5) is 2.28. The lowest BCUT2D eigenvalue weighted by molar-refractivity contribution is -0.0325. The largest absolute Gasteiger partial charge is 0.393 e. The minimum atomic E-state index is -0.942. The summed E-state index contributed by atoms with van der Waals surface area (Å²) in [6.45, 7) is 3.44. The molecule has 2 atom stereocenters. The van der Waals surface area contributed by atoms with Crippen molar-refractivity contribution in [3.8, 4) is 0 Å². The lowest BCUT2D eigenvalue weighted by Crippen LogP contribution is -2.46. The molecule has 1 fully saturated rings. The van der Waals surface area contributed by atoms with Gasteiger partial charge >= 0.3 is 0 Å². The Kier molecular flexibility index (Phi) is 5.98. The molecule has 0 spiro atoms. The number of anilines is 1. The predicted molar refractivity (Wildman–Crippen MR) is 130 cm³/mol. The molecule has 3 aromatic carbocycles. The average Bonchev–Trinajstić information content (AvgIpc) is 2.84. The molecule has 172 valence electrons. The second-order valence-corrected chi connectivity index (χ2v) is 9.84. The quantitative estimate of drug-likeness (QED) is 0.571. The minimum Gasteiger partial charge on any atom is -0.393 e. The Hall–Kier alpha value is -2.69. The molecule has 5 rings (SSSR count). The molecule has 0 aromatic heterocycles. The highest BCUT2D eigenvalue weighted by Gasteiger charge is 2.33. The zero-order valence-electron chi connectivity index (χ0n) is 19.2. The number of nitrogens with zero attached hydrogens (tertiary/aromatic N) is 1. The fourth-order valence-electron chi connectivity index (χ4n) is 5.66. The first-order valence-electron chi connectivity index (χ1n) is 12.0. The fraction of sp³-hybridized carbons (Fsp3) is 0.379. The van der Waals surface area contributed by atoms with Gasteiger partial charge in [-0.1, -0.05) is 48.0 Å². The number of hydrogen-bond acceptors (Lipinski definition) is 3. The Bertz CT molecular complexity index is 1100. The van der Waals surface area contributed by atoms with Gasteiger partial charge in [0, 0.05) is 24.7 Å². The molecule has 4 heteroatoms. The molecule has 0 saturated carbocycles. The van der Waals surface area contributed by atoms with E-state index < -0.39 is 5.60 Å². The van der Waals surface area contributed by atoms with Crippen LogP contribution in [0.5, 0.6) is 0 Å². The summed E-state index contributed by atoms with van der Waals surface area (Å²) >= 11 is 0. The first-order valence-corrected chi connectivity index (χ1v) is 12.0. The van der Waals surface area contributed by atoms with Gasteiger partial charge in [-0.05, 0) is 85.0 Å². The van der Waals surface area contributed by atoms with Crippen molar-refractivity contribution in [2.45, 2.75) is 50.0 Å². The van der Waals surface area contributed by atoms with Crippen LogP contribution in [0.2, 0.25) is 0 Å². The smallest absolute Gasteiger partial charge is 0.123 e. The van der Waals surface area contributed by atoms with Crippen molar-refractivity contribution >= 4 is 5.69 Å². The summed E-state index contributed by atoms with van der Waals surface area (Å²) in [7, 11) is 0. The van der Waals surface area contributed by atoms with Crippen molar-refractivity contribution in [1.29, 1.82) is 0 Å². The highest BCUT2D eigenvalue weighted by Crippen LogP contribution is 2.46. The summed E-state index contributed by atoms with van der Waals surface area (Å²) in [5.74, 6) is 0.344. The van der Waals surface area contributed by atoms with E-state index in [-0.39, 0.29) is 18.3 Å². The van der Waals surface area contributed by atoms with Crippen LogP contribution < -0.4 is 4.90 Å². The van der Waals surface area contributed by atoms with E-state index in [2.05, 4.69) is 54.3 Å². The molecule has 1 saturated heterocycles. The van der Waals surface area contributed by atoms with Gasteiger partial charge in [-0.25, -0.2) is 4.39 Å². The van der Waals surface area contributed by atoms with Gasteiger partial charge in [-0.3, -0.25) is 0 Å². The maximum absolute atomic E-state index is 13.6. The lowest BCUT2D eigenvalue weighted by Gasteiger charge is -2.38. The lowest BCUT2D eigenvalue weighted by atomic mass is 9.69. The molecule has 3 nitrogen and oxygen atoms in total. The standard InChI is InChI=1S/C29H32FNO2/c1-20-2-12-27-23(18-20)7-13-26(21-3-8-24(30)9-4-21)28(27)22-5-10-25(11-6-22)31-16-14-29(33,19-32)15-17-31/h2-6,8-12,18,26,28,32-33H,7,13-17,19H2,1H3/t26-,28+/m1/s1. The van der Waals surface area contributed by atoms with Crippen molar-refractivity contribution in [3.05, 3.63) is 100 Å². The number of fused-ring (bicyclic) bond motifs is 1. The first kappa shape index (κ1) is 22.1. The molecule has 1 heterocycles. The van der Waals surface area contributed by atoms with Crippen LogP contribution in [0.25, 0.3) is 0 Å². The summed E-state index contributed by atoms with van der Waals surface area (Å²) in [6, 6.07) is 22.7. The van der Waals surface area contributed by atoms with E-state index in [9.17, 15) is 14.6 Å². The van der Waals surface area contributed by atoms with Crippen molar-refractivity contribution < 1.29 is 14.6 Å². The maximum Gasteiger partial charge on any atom is 0.123 e. The molecule has 1 aliphatic heterocycles. The van der Waals surface area contributed by atoms with Gasteiger partial charge in [0.15, 0.2) is 0 Å². The van der Waals surface area contributed by atoms with Gasteiger partial charge in [0.2, 0.25) is 0 Å². The van der Waals surface area contributed by atoms with Crippen LogP contribution in [0.15, 0.2) is 66.7 Å². The van der Waals surface area contributed by atoms with Crippen molar-refractivity contribution in [2.75, 3.05) is 24.6 Å². The normalized spacial score (nSPS) is 22.1. The third-order valence-corrected chi connectivity index (χ3v) is 7.66.